The minimum Gasteiger partial charge on any atom is -0.491 e. The van der Waals surface area contributed by atoms with Crippen molar-refractivity contribution in [2.75, 3.05) is 49.2 Å². The summed E-state index contributed by atoms with van der Waals surface area (Å²) in [6, 6.07) is 23.7. The lowest BCUT2D eigenvalue weighted by molar-refractivity contribution is -0.179. The van der Waals surface area contributed by atoms with Gasteiger partial charge in [-0.2, -0.15) is 9.78 Å². The Hall–Kier alpha value is -4.65. The zero-order chi connectivity index (χ0) is 31.7. The number of benzene rings is 3. The van der Waals surface area contributed by atoms with Crippen molar-refractivity contribution in [2.24, 2.45) is 14.1 Å². The minimum absolute atomic E-state index is 0.163. The van der Waals surface area contributed by atoms with Crippen LogP contribution in [0.5, 0.6) is 5.75 Å². The molecule has 2 aliphatic rings. The molecule has 46 heavy (non-hydrogen) atoms. The molecule has 12 nitrogen and oxygen atoms in total. The zero-order valence-electron chi connectivity index (χ0n) is 25.7. The Morgan fingerprint density at radius 1 is 0.848 bits per heavy atom. The van der Waals surface area contributed by atoms with E-state index in [1.165, 1.54) is 15.6 Å². The van der Waals surface area contributed by atoms with Gasteiger partial charge in [0.05, 0.1) is 18.7 Å². The number of anilines is 2. The van der Waals surface area contributed by atoms with Crippen molar-refractivity contribution < 1.29 is 14.2 Å². The number of hydrogen-bond donors (Lipinski definition) is 0. The van der Waals surface area contributed by atoms with Gasteiger partial charge in [-0.1, -0.05) is 23.7 Å². The molecular formula is C33H35ClN8O4. The molecule has 0 amide bonds. The highest BCUT2D eigenvalue weighted by atomic mass is 35.5. The second kappa shape index (κ2) is 12.6. The molecule has 0 spiro atoms. The fraction of sp³-hybridized carbons (Fsp3) is 0.333. The molecule has 2 aliphatic heterocycles. The van der Waals surface area contributed by atoms with Crippen LogP contribution in [0.25, 0.3) is 5.69 Å². The van der Waals surface area contributed by atoms with Crippen LogP contribution in [0.1, 0.15) is 11.4 Å². The summed E-state index contributed by atoms with van der Waals surface area (Å²) >= 11 is 6.15. The minimum atomic E-state index is -1.01. The van der Waals surface area contributed by atoms with Gasteiger partial charge in [0.25, 0.3) is 0 Å². The summed E-state index contributed by atoms with van der Waals surface area (Å²) in [4.78, 5) is 16.9. The van der Waals surface area contributed by atoms with E-state index in [1.807, 2.05) is 72.3 Å². The van der Waals surface area contributed by atoms with E-state index >= 15 is 0 Å². The normalized spacial score (nSPS) is 19.9. The Kier molecular flexibility index (Phi) is 8.24. The standard InChI is InChI=1S/C33H35ClN8O4/c1-38-22-35-37-31(38)19-33(24-3-5-25(34)6-4-24)45-21-30(46-33)20-44-29-13-11-27(12-14-29)41-17-15-40(16-18-41)26-7-9-28(10-8-26)42-32(43)39(2)23-36-42/h3-14,22-23,30H,15-21H2,1-2H3. The SMILES string of the molecule is Cn1cnnc1CC1(c2ccc(Cl)cc2)OCC(COc2ccc(N3CCN(c4ccc(-n5ncn(C)c5=O)cc4)CC3)cc2)O1. The predicted molar refractivity (Wildman–Crippen MR) is 174 cm³/mol. The summed E-state index contributed by atoms with van der Waals surface area (Å²) in [5.41, 5.74) is 3.74. The number of rotatable bonds is 9. The van der Waals surface area contributed by atoms with Gasteiger partial charge in [0.1, 0.15) is 36.9 Å². The highest BCUT2D eigenvalue weighted by molar-refractivity contribution is 6.30. The summed E-state index contributed by atoms with van der Waals surface area (Å²) in [6.07, 6.45) is 3.32. The van der Waals surface area contributed by atoms with Crippen LogP contribution in [-0.4, -0.2) is 74.6 Å². The molecule has 4 heterocycles. The van der Waals surface area contributed by atoms with Gasteiger partial charge in [0, 0.05) is 62.2 Å². The van der Waals surface area contributed by atoms with Crippen LogP contribution in [-0.2, 0) is 35.8 Å². The Morgan fingerprint density at radius 2 is 1.48 bits per heavy atom. The van der Waals surface area contributed by atoms with E-state index < -0.39 is 5.79 Å². The van der Waals surface area contributed by atoms with Crippen LogP contribution in [0.4, 0.5) is 11.4 Å². The van der Waals surface area contributed by atoms with Gasteiger partial charge in [0.15, 0.2) is 0 Å². The topological polar surface area (TPSA) is 105 Å². The largest absolute Gasteiger partial charge is 0.491 e. The van der Waals surface area contributed by atoms with Crippen molar-refractivity contribution in [3.8, 4) is 11.4 Å². The lowest BCUT2D eigenvalue weighted by Gasteiger charge is -2.37. The lowest BCUT2D eigenvalue weighted by Crippen LogP contribution is -2.46. The van der Waals surface area contributed by atoms with Crippen LogP contribution >= 0.6 is 11.6 Å². The number of hydrogen-bond acceptors (Lipinski definition) is 9. The number of nitrogens with zero attached hydrogens (tertiary/aromatic N) is 8. The third-order valence-electron chi connectivity index (χ3n) is 8.54. The van der Waals surface area contributed by atoms with E-state index in [2.05, 4.69) is 37.2 Å². The molecule has 3 aromatic carbocycles. The van der Waals surface area contributed by atoms with E-state index in [4.69, 9.17) is 25.8 Å². The van der Waals surface area contributed by atoms with E-state index in [1.54, 1.807) is 13.4 Å². The summed E-state index contributed by atoms with van der Waals surface area (Å²) in [6.45, 7) is 4.31. The van der Waals surface area contributed by atoms with Crippen LogP contribution in [0, 0.1) is 0 Å². The van der Waals surface area contributed by atoms with Gasteiger partial charge in [-0.3, -0.25) is 4.57 Å². The highest BCUT2D eigenvalue weighted by Gasteiger charge is 2.44. The van der Waals surface area contributed by atoms with Gasteiger partial charge in [0.2, 0.25) is 5.79 Å². The van der Waals surface area contributed by atoms with Gasteiger partial charge in [-0.15, -0.1) is 10.2 Å². The van der Waals surface area contributed by atoms with E-state index in [0.717, 1.165) is 60.4 Å². The maximum absolute atomic E-state index is 12.2. The van der Waals surface area contributed by atoms with Crippen molar-refractivity contribution in [1.29, 1.82) is 0 Å². The number of aryl methyl sites for hydroxylation is 2. The first kappa shape index (κ1) is 30.0. The molecule has 0 bridgehead atoms. The van der Waals surface area contributed by atoms with E-state index in [0.29, 0.717) is 24.7 Å². The molecule has 5 aromatic rings. The average molecular weight is 643 g/mol. The molecule has 13 heteroatoms. The van der Waals surface area contributed by atoms with Crippen molar-refractivity contribution in [1.82, 2.24) is 29.1 Å². The maximum Gasteiger partial charge on any atom is 0.350 e. The second-order valence-electron chi connectivity index (χ2n) is 11.6. The Morgan fingerprint density at radius 3 is 2.07 bits per heavy atom. The summed E-state index contributed by atoms with van der Waals surface area (Å²) in [5, 5.41) is 13.1. The third-order valence-corrected chi connectivity index (χ3v) is 8.79. The van der Waals surface area contributed by atoms with Crippen molar-refractivity contribution in [3.63, 3.8) is 0 Å². The number of halogens is 1. The van der Waals surface area contributed by atoms with Crippen LogP contribution in [0.3, 0.4) is 0 Å². The first-order valence-corrected chi connectivity index (χ1v) is 15.6. The van der Waals surface area contributed by atoms with Crippen molar-refractivity contribution in [3.05, 3.63) is 112 Å². The fourth-order valence-electron chi connectivity index (χ4n) is 5.90. The summed E-state index contributed by atoms with van der Waals surface area (Å²) in [5.74, 6) is 0.520. The maximum atomic E-state index is 12.2. The molecular weight excluding hydrogens is 608 g/mol. The van der Waals surface area contributed by atoms with Crippen LogP contribution in [0.2, 0.25) is 5.02 Å². The molecule has 0 saturated carbocycles. The van der Waals surface area contributed by atoms with Crippen LogP contribution in [0.15, 0.2) is 90.2 Å². The fourth-order valence-corrected chi connectivity index (χ4v) is 6.02. The smallest absolute Gasteiger partial charge is 0.350 e. The molecule has 0 radical (unpaired) electrons. The van der Waals surface area contributed by atoms with E-state index in [-0.39, 0.29) is 11.8 Å². The third kappa shape index (κ3) is 6.11. The summed E-state index contributed by atoms with van der Waals surface area (Å²) < 4.78 is 23.7. The number of aromatic nitrogens is 6. The number of piperazine rings is 1. The lowest BCUT2D eigenvalue weighted by atomic mass is 10.0. The molecule has 2 fully saturated rings. The molecule has 2 saturated heterocycles. The van der Waals surface area contributed by atoms with Gasteiger partial charge in [-0.25, -0.2) is 4.79 Å². The average Bonchev–Trinajstić information content (AvgIpc) is 3.79. The molecule has 0 N–H and O–H groups in total. The Bertz CT molecular complexity index is 1830. The molecule has 2 unspecified atom stereocenters. The molecule has 2 atom stereocenters. The van der Waals surface area contributed by atoms with E-state index in [9.17, 15) is 4.79 Å². The Labute approximate surface area is 271 Å². The number of ether oxygens (including phenoxy) is 3. The predicted octanol–water partition coefficient (Wildman–Crippen LogP) is 3.57. The second-order valence-corrected chi connectivity index (χ2v) is 12.0. The van der Waals surface area contributed by atoms with Crippen LogP contribution < -0.4 is 20.2 Å². The Balaban J connectivity index is 0.931. The van der Waals surface area contributed by atoms with Crippen molar-refractivity contribution in [2.45, 2.75) is 18.3 Å². The molecule has 7 rings (SSSR count). The van der Waals surface area contributed by atoms with Gasteiger partial charge < -0.3 is 28.6 Å². The molecule has 2 aromatic heterocycles. The molecule has 238 valence electrons. The summed E-state index contributed by atoms with van der Waals surface area (Å²) in [7, 11) is 3.59. The van der Waals surface area contributed by atoms with Crippen molar-refractivity contribution >= 4 is 23.0 Å². The quantitative estimate of drug-likeness (QED) is 0.239. The first-order chi connectivity index (χ1) is 22.4. The monoisotopic (exact) mass is 642 g/mol. The highest BCUT2D eigenvalue weighted by Crippen LogP contribution is 2.38. The van der Waals surface area contributed by atoms with Gasteiger partial charge >= 0.3 is 5.69 Å². The molecule has 0 aliphatic carbocycles. The zero-order valence-corrected chi connectivity index (χ0v) is 26.5. The first-order valence-electron chi connectivity index (χ1n) is 15.2. The van der Waals surface area contributed by atoms with Gasteiger partial charge in [-0.05, 0) is 60.7 Å².